The van der Waals surface area contributed by atoms with Crippen molar-refractivity contribution >= 4 is 40.5 Å². The third kappa shape index (κ3) is 4.65. The number of hydrogen-bond donors (Lipinski definition) is 1. The number of anilines is 1. The number of carbonyl (C=O) groups excluding carboxylic acids is 2. The Morgan fingerprint density at radius 3 is 2.52 bits per heavy atom. The number of esters is 1. The van der Waals surface area contributed by atoms with E-state index in [2.05, 4.69) is 10.3 Å². The summed E-state index contributed by atoms with van der Waals surface area (Å²) in [5.74, 6) is -1.07. The molecule has 0 radical (unpaired) electrons. The average molecular weight is 373 g/mol. The molecule has 1 N–H and O–H groups in total. The molecule has 1 amide bonds. The number of rotatable bonds is 5. The minimum atomic E-state index is -0.635. The zero-order valence-corrected chi connectivity index (χ0v) is 14.5. The van der Waals surface area contributed by atoms with Gasteiger partial charge in [0, 0.05) is 21.7 Å². The van der Waals surface area contributed by atoms with Crippen LogP contribution < -0.4 is 5.32 Å². The molecule has 2 aromatic carbocycles. The molecule has 3 rings (SSSR count). The maximum Gasteiger partial charge on any atom is 0.358 e. The van der Waals surface area contributed by atoms with Crippen molar-refractivity contribution in [2.45, 2.75) is 0 Å². The van der Waals surface area contributed by atoms with E-state index in [1.165, 1.54) is 11.3 Å². The molecule has 0 saturated carbocycles. The molecule has 0 fully saturated rings. The van der Waals surface area contributed by atoms with Crippen LogP contribution in [0.1, 0.15) is 10.5 Å². The molecule has 0 bridgehead atoms. The third-order valence-corrected chi connectivity index (χ3v) is 4.34. The highest BCUT2D eigenvalue weighted by molar-refractivity contribution is 7.13. The van der Waals surface area contributed by atoms with Gasteiger partial charge in [-0.1, -0.05) is 41.9 Å². The molecule has 0 aliphatic rings. The summed E-state index contributed by atoms with van der Waals surface area (Å²) in [6, 6.07) is 16.2. The summed E-state index contributed by atoms with van der Waals surface area (Å²) in [7, 11) is 0. The topological polar surface area (TPSA) is 68.3 Å². The zero-order valence-electron chi connectivity index (χ0n) is 12.9. The SMILES string of the molecule is O=C(COC(=O)c1csc(-c2ccccc2)n1)Nc1ccc(Cl)cc1. The predicted octanol–water partition coefficient (Wildman–Crippen LogP) is 4.26. The smallest absolute Gasteiger partial charge is 0.358 e. The van der Waals surface area contributed by atoms with Gasteiger partial charge in [0.05, 0.1) is 0 Å². The Hall–Kier alpha value is -2.70. The fourth-order valence-corrected chi connectivity index (χ4v) is 2.94. The van der Waals surface area contributed by atoms with Gasteiger partial charge in [-0.25, -0.2) is 9.78 Å². The van der Waals surface area contributed by atoms with Crippen molar-refractivity contribution in [3.05, 3.63) is 70.7 Å². The lowest BCUT2D eigenvalue weighted by atomic mass is 10.2. The van der Waals surface area contributed by atoms with E-state index in [1.807, 2.05) is 30.3 Å². The van der Waals surface area contributed by atoms with Gasteiger partial charge in [0.1, 0.15) is 5.01 Å². The van der Waals surface area contributed by atoms with Crippen LogP contribution in [0.3, 0.4) is 0 Å². The Morgan fingerprint density at radius 1 is 1.08 bits per heavy atom. The van der Waals surface area contributed by atoms with E-state index in [-0.39, 0.29) is 12.3 Å². The minimum absolute atomic E-state index is 0.183. The highest BCUT2D eigenvalue weighted by Gasteiger charge is 2.15. The van der Waals surface area contributed by atoms with Crippen LogP contribution >= 0.6 is 22.9 Å². The molecule has 1 aromatic heterocycles. The molecular formula is C18H13ClN2O3S. The van der Waals surface area contributed by atoms with Gasteiger partial charge in [0.15, 0.2) is 12.3 Å². The summed E-state index contributed by atoms with van der Waals surface area (Å²) in [4.78, 5) is 28.1. The summed E-state index contributed by atoms with van der Waals surface area (Å²) in [5.41, 5.74) is 1.68. The van der Waals surface area contributed by atoms with Crippen molar-refractivity contribution in [1.82, 2.24) is 4.98 Å². The fourth-order valence-electron chi connectivity index (χ4n) is 2.02. The van der Waals surface area contributed by atoms with Crippen LogP contribution in [0, 0.1) is 0 Å². The largest absolute Gasteiger partial charge is 0.451 e. The Kier molecular flexibility index (Phi) is 5.42. The van der Waals surface area contributed by atoms with E-state index in [0.29, 0.717) is 10.7 Å². The maximum atomic E-state index is 12.0. The van der Waals surface area contributed by atoms with Crippen LogP contribution in [0.5, 0.6) is 0 Å². The quantitative estimate of drug-likeness (QED) is 0.679. The first-order chi connectivity index (χ1) is 12.1. The van der Waals surface area contributed by atoms with Crippen molar-refractivity contribution < 1.29 is 14.3 Å². The monoisotopic (exact) mass is 372 g/mol. The van der Waals surface area contributed by atoms with Crippen molar-refractivity contribution in [3.8, 4) is 10.6 Å². The van der Waals surface area contributed by atoms with Gasteiger partial charge in [0.25, 0.3) is 5.91 Å². The Bertz CT molecular complexity index is 879. The van der Waals surface area contributed by atoms with E-state index in [1.54, 1.807) is 29.6 Å². The van der Waals surface area contributed by atoms with Gasteiger partial charge < -0.3 is 10.1 Å². The zero-order chi connectivity index (χ0) is 17.6. The van der Waals surface area contributed by atoms with Crippen LogP contribution in [0.2, 0.25) is 5.02 Å². The standard InChI is InChI=1S/C18H13ClN2O3S/c19-13-6-8-14(9-7-13)20-16(22)10-24-18(23)15-11-25-17(21-15)12-4-2-1-3-5-12/h1-9,11H,10H2,(H,20,22). The normalized spacial score (nSPS) is 10.3. The van der Waals surface area contributed by atoms with E-state index in [9.17, 15) is 9.59 Å². The second kappa shape index (κ2) is 7.92. The Balaban J connectivity index is 1.55. The fraction of sp³-hybridized carbons (Fsp3) is 0.0556. The lowest BCUT2D eigenvalue weighted by Gasteiger charge is -2.05. The Labute approximate surface area is 153 Å². The van der Waals surface area contributed by atoms with Crippen molar-refractivity contribution in [2.75, 3.05) is 11.9 Å². The van der Waals surface area contributed by atoms with Crippen LogP contribution in [-0.4, -0.2) is 23.5 Å². The molecule has 0 aliphatic carbocycles. The van der Waals surface area contributed by atoms with E-state index in [0.717, 1.165) is 10.6 Å². The summed E-state index contributed by atoms with van der Waals surface area (Å²) in [6.45, 7) is -0.389. The van der Waals surface area contributed by atoms with Crippen LogP contribution in [-0.2, 0) is 9.53 Å². The highest BCUT2D eigenvalue weighted by Crippen LogP contribution is 2.23. The van der Waals surface area contributed by atoms with E-state index in [4.69, 9.17) is 16.3 Å². The predicted molar refractivity (Wildman–Crippen MR) is 97.9 cm³/mol. The molecule has 0 aliphatic heterocycles. The lowest BCUT2D eigenvalue weighted by molar-refractivity contribution is -0.119. The van der Waals surface area contributed by atoms with Crippen LogP contribution in [0.4, 0.5) is 5.69 Å². The van der Waals surface area contributed by atoms with Gasteiger partial charge in [-0.15, -0.1) is 11.3 Å². The van der Waals surface area contributed by atoms with E-state index >= 15 is 0 Å². The first kappa shape index (κ1) is 17.1. The molecule has 7 heteroatoms. The van der Waals surface area contributed by atoms with Gasteiger partial charge in [-0.3, -0.25) is 4.79 Å². The van der Waals surface area contributed by atoms with Gasteiger partial charge in [-0.2, -0.15) is 0 Å². The summed E-state index contributed by atoms with van der Waals surface area (Å²) < 4.78 is 5.00. The minimum Gasteiger partial charge on any atom is -0.451 e. The van der Waals surface area contributed by atoms with E-state index < -0.39 is 11.9 Å². The molecule has 0 saturated heterocycles. The van der Waals surface area contributed by atoms with Crippen molar-refractivity contribution in [2.24, 2.45) is 0 Å². The second-order valence-corrected chi connectivity index (χ2v) is 6.33. The molecule has 0 unspecified atom stereocenters. The van der Waals surface area contributed by atoms with Gasteiger partial charge >= 0.3 is 5.97 Å². The van der Waals surface area contributed by atoms with Crippen LogP contribution in [0.25, 0.3) is 10.6 Å². The van der Waals surface area contributed by atoms with Crippen LogP contribution in [0.15, 0.2) is 60.0 Å². The summed E-state index contributed by atoms with van der Waals surface area (Å²) in [5, 5.41) is 5.52. The molecule has 25 heavy (non-hydrogen) atoms. The van der Waals surface area contributed by atoms with Crippen molar-refractivity contribution in [1.29, 1.82) is 0 Å². The molecule has 126 valence electrons. The number of hydrogen-bond acceptors (Lipinski definition) is 5. The van der Waals surface area contributed by atoms with Gasteiger partial charge in [-0.05, 0) is 24.3 Å². The first-order valence-electron chi connectivity index (χ1n) is 7.35. The number of halogens is 1. The number of benzene rings is 2. The molecular weight excluding hydrogens is 360 g/mol. The van der Waals surface area contributed by atoms with Gasteiger partial charge in [0.2, 0.25) is 0 Å². The third-order valence-electron chi connectivity index (χ3n) is 3.20. The Morgan fingerprint density at radius 2 is 1.80 bits per heavy atom. The summed E-state index contributed by atoms with van der Waals surface area (Å²) in [6.07, 6.45) is 0. The number of aromatic nitrogens is 1. The number of ether oxygens (including phenoxy) is 1. The number of thiazole rings is 1. The number of carbonyl (C=O) groups is 2. The molecule has 5 nitrogen and oxygen atoms in total. The highest BCUT2D eigenvalue weighted by atomic mass is 35.5. The first-order valence-corrected chi connectivity index (χ1v) is 8.61. The molecule has 1 heterocycles. The average Bonchev–Trinajstić information content (AvgIpc) is 3.13. The number of nitrogens with one attached hydrogen (secondary N) is 1. The summed E-state index contributed by atoms with van der Waals surface area (Å²) >= 11 is 7.12. The molecule has 0 spiro atoms. The number of amides is 1. The molecule has 0 atom stereocenters. The van der Waals surface area contributed by atoms with Crippen molar-refractivity contribution in [3.63, 3.8) is 0 Å². The molecule has 3 aromatic rings. The maximum absolute atomic E-state index is 12.0. The number of nitrogens with zero attached hydrogens (tertiary/aromatic N) is 1. The second-order valence-electron chi connectivity index (χ2n) is 5.04. The lowest BCUT2D eigenvalue weighted by Crippen LogP contribution is -2.21.